The predicted octanol–water partition coefficient (Wildman–Crippen LogP) is 1.86. The van der Waals surface area contributed by atoms with E-state index in [1.54, 1.807) is 6.08 Å². The maximum atomic E-state index is 12.0. The maximum absolute atomic E-state index is 12.0. The van der Waals surface area contributed by atoms with Crippen LogP contribution in [0.4, 0.5) is 10.7 Å². The Morgan fingerprint density at radius 1 is 1.75 bits per heavy atom. The van der Waals surface area contributed by atoms with Crippen molar-refractivity contribution >= 4 is 27.9 Å². The van der Waals surface area contributed by atoms with Crippen LogP contribution in [0.25, 0.3) is 0 Å². The number of nitrogens with two attached hydrogens (primary N) is 1. The smallest absolute Gasteiger partial charge is 0.263 e. The third-order valence-corrected chi connectivity index (χ3v) is 4.48. The van der Waals surface area contributed by atoms with Crippen molar-refractivity contribution in [2.45, 2.75) is 19.4 Å². The Hall–Kier alpha value is -1.53. The van der Waals surface area contributed by atoms with Crippen LogP contribution < -0.4 is 16.0 Å². The molecule has 0 aromatic carbocycles. The molecule has 1 aliphatic heterocycles. The van der Waals surface area contributed by atoms with E-state index in [2.05, 4.69) is 23.7 Å². The fourth-order valence-corrected chi connectivity index (χ4v) is 3.17. The summed E-state index contributed by atoms with van der Waals surface area (Å²) in [5.41, 5.74) is 6.49. The standard InChI is InChI=1S/C14H21N3O2S/c1-3-5-16-14(18)13-11(15)8-12(20-13)17-6-7-19-10(4-2)9-17/h3,8,10H,1,4-7,9,15H2,2H3,(H,16,18). The maximum Gasteiger partial charge on any atom is 0.263 e. The molecule has 6 heteroatoms. The van der Waals surface area contributed by atoms with Gasteiger partial charge in [-0.25, -0.2) is 0 Å². The highest BCUT2D eigenvalue weighted by Gasteiger charge is 2.23. The van der Waals surface area contributed by atoms with Gasteiger partial charge in [0.05, 0.1) is 23.4 Å². The molecule has 1 saturated heterocycles. The topological polar surface area (TPSA) is 67.6 Å². The van der Waals surface area contributed by atoms with Gasteiger partial charge in [0.15, 0.2) is 0 Å². The molecule has 20 heavy (non-hydrogen) atoms. The highest BCUT2D eigenvalue weighted by Crippen LogP contribution is 2.33. The van der Waals surface area contributed by atoms with Crippen molar-refractivity contribution in [1.29, 1.82) is 0 Å². The van der Waals surface area contributed by atoms with Crippen molar-refractivity contribution in [3.63, 3.8) is 0 Å². The summed E-state index contributed by atoms with van der Waals surface area (Å²) in [6.45, 7) is 8.55. The monoisotopic (exact) mass is 295 g/mol. The molecule has 0 saturated carbocycles. The number of rotatable bonds is 5. The van der Waals surface area contributed by atoms with E-state index in [1.807, 2.05) is 6.07 Å². The second-order valence-corrected chi connectivity index (χ2v) is 5.75. The molecule has 1 amide bonds. The fourth-order valence-electron chi connectivity index (χ4n) is 2.14. The summed E-state index contributed by atoms with van der Waals surface area (Å²) in [7, 11) is 0. The van der Waals surface area contributed by atoms with Gasteiger partial charge in [0, 0.05) is 19.6 Å². The molecule has 110 valence electrons. The van der Waals surface area contributed by atoms with Gasteiger partial charge in [-0.3, -0.25) is 4.79 Å². The molecular formula is C14H21N3O2S. The lowest BCUT2D eigenvalue weighted by atomic mass is 10.2. The van der Waals surface area contributed by atoms with Gasteiger partial charge in [-0.2, -0.15) is 0 Å². The van der Waals surface area contributed by atoms with Gasteiger partial charge in [0.2, 0.25) is 0 Å². The van der Waals surface area contributed by atoms with E-state index in [0.717, 1.165) is 24.5 Å². The molecule has 2 heterocycles. The minimum atomic E-state index is -0.140. The summed E-state index contributed by atoms with van der Waals surface area (Å²) < 4.78 is 5.66. The third-order valence-electron chi connectivity index (χ3n) is 3.27. The number of carbonyl (C=O) groups is 1. The third kappa shape index (κ3) is 3.32. The SMILES string of the molecule is C=CCNC(=O)c1sc(N2CCOC(CC)C2)cc1N. The van der Waals surface area contributed by atoms with Gasteiger partial charge in [-0.1, -0.05) is 13.0 Å². The van der Waals surface area contributed by atoms with E-state index < -0.39 is 0 Å². The summed E-state index contributed by atoms with van der Waals surface area (Å²) in [6, 6.07) is 1.88. The molecule has 1 aliphatic rings. The number of nitrogens with zero attached hydrogens (tertiary/aromatic N) is 1. The van der Waals surface area contributed by atoms with E-state index in [1.165, 1.54) is 11.3 Å². The molecule has 0 bridgehead atoms. The van der Waals surface area contributed by atoms with Crippen LogP contribution >= 0.6 is 11.3 Å². The number of hydrogen-bond acceptors (Lipinski definition) is 5. The molecule has 2 rings (SSSR count). The Balaban J connectivity index is 2.10. The number of ether oxygens (including phenoxy) is 1. The van der Waals surface area contributed by atoms with Crippen molar-refractivity contribution in [3.05, 3.63) is 23.6 Å². The molecule has 5 nitrogen and oxygen atoms in total. The number of hydrogen-bond donors (Lipinski definition) is 2. The Morgan fingerprint density at radius 3 is 3.25 bits per heavy atom. The number of nitrogen functional groups attached to an aromatic ring is 1. The average Bonchev–Trinajstić information content (AvgIpc) is 2.87. The summed E-state index contributed by atoms with van der Waals surface area (Å²) >= 11 is 1.44. The fraction of sp³-hybridized carbons (Fsp3) is 0.500. The number of nitrogens with one attached hydrogen (secondary N) is 1. The molecule has 0 aliphatic carbocycles. The highest BCUT2D eigenvalue weighted by molar-refractivity contribution is 7.18. The number of carbonyl (C=O) groups excluding carboxylic acids is 1. The zero-order chi connectivity index (χ0) is 14.5. The van der Waals surface area contributed by atoms with Crippen molar-refractivity contribution in [2.75, 3.05) is 36.9 Å². The van der Waals surface area contributed by atoms with Gasteiger partial charge >= 0.3 is 0 Å². The van der Waals surface area contributed by atoms with Crippen LogP contribution in [0.1, 0.15) is 23.0 Å². The Morgan fingerprint density at radius 2 is 2.55 bits per heavy atom. The van der Waals surface area contributed by atoms with Gasteiger partial charge in [-0.15, -0.1) is 17.9 Å². The van der Waals surface area contributed by atoms with Crippen molar-refractivity contribution in [3.8, 4) is 0 Å². The van der Waals surface area contributed by atoms with Gasteiger partial charge in [-0.05, 0) is 12.5 Å². The summed E-state index contributed by atoms with van der Waals surface area (Å²) in [5.74, 6) is -0.140. The lowest BCUT2D eigenvalue weighted by Crippen LogP contribution is -2.41. The molecule has 1 atom stereocenters. The quantitative estimate of drug-likeness (QED) is 0.814. The Labute approximate surface area is 123 Å². The van der Waals surface area contributed by atoms with Gasteiger partial charge in [0.1, 0.15) is 4.88 Å². The molecular weight excluding hydrogens is 274 g/mol. The first-order chi connectivity index (χ1) is 9.65. The largest absolute Gasteiger partial charge is 0.397 e. The van der Waals surface area contributed by atoms with Crippen LogP contribution in [0.3, 0.4) is 0 Å². The molecule has 0 radical (unpaired) electrons. The van der Waals surface area contributed by atoms with Crippen molar-refractivity contribution in [2.24, 2.45) is 0 Å². The van der Waals surface area contributed by atoms with E-state index in [-0.39, 0.29) is 12.0 Å². The highest BCUT2D eigenvalue weighted by atomic mass is 32.1. The van der Waals surface area contributed by atoms with Crippen LogP contribution in [0.15, 0.2) is 18.7 Å². The van der Waals surface area contributed by atoms with Gasteiger partial charge < -0.3 is 20.7 Å². The summed E-state index contributed by atoms with van der Waals surface area (Å²) in [4.78, 5) is 14.8. The van der Waals surface area contributed by atoms with Gasteiger partial charge in [0.25, 0.3) is 5.91 Å². The Kier molecular flexibility index (Phi) is 5.03. The van der Waals surface area contributed by atoms with E-state index >= 15 is 0 Å². The van der Waals surface area contributed by atoms with Crippen LogP contribution in [-0.4, -0.2) is 38.3 Å². The minimum absolute atomic E-state index is 0.140. The average molecular weight is 295 g/mol. The number of thiophene rings is 1. The van der Waals surface area contributed by atoms with Crippen molar-refractivity contribution in [1.82, 2.24) is 5.32 Å². The first kappa shape index (κ1) is 14.9. The number of anilines is 2. The normalized spacial score (nSPS) is 18.9. The second-order valence-electron chi connectivity index (χ2n) is 4.71. The van der Waals surface area contributed by atoms with Crippen LogP contribution in [0.5, 0.6) is 0 Å². The van der Waals surface area contributed by atoms with E-state index in [0.29, 0.717) is 23.7 Å². The Bertz CT molecular complexity index is 487. The molecule has 0 spiro atoms. The van der Waals surface area contributed by atoms with Crippen molar-refractivity contribution < 1.29 is 9.53 Å². The zero-order valence-corrected chi connectivity index (χ0v) is 12.5. The molecule has 1 aromatic heterocycles. The summed E-state index contributed by atoms with van der Waals surface area (Å²) in [5, 5.41) is 3.79. The first-order valence-electron chi connectivity index (χ1n) is 6.80. The lowest BCUT2D eigenvalue weighted by Gasteiger charge is -2.33. The van der Waals surface area contributed by atoms with Crippen LogP contribution in [0.2, 0.25) is 0 Å². The molecule has 3 N–H and O–H groups in total. The van der Waals surface area contributed by atoms with Crippen LogP contribution in [-0.2, 0) is 4.74 Å². The lowest BCUT2D eigenvalue weighted by molar-refractivity contribution is 0.0386. The number of morpholine rings is 1. The summed E-state index contributed by atoms with van der Waals surface area (Å²) in [6.07, 6.45) is 2.89. The number of amides is 1. The first-order valence-corrected chi connectivity index (χ1v) is 7.62. The van der Waals surface area contributed by atoms with Crippen LogP contribution in [0, 0.1) is 0 Å². The zero-order valence-electron chi connectivity index (χ0n) is 11.7. The van der Waals surface area contributed by atoms with E-state index in [4.69, 9.17) is 10.5 Å². The predicted molar refractivity (Wildman–Crippen MR) is 83.5 cm³/mol. The second kappa shape index (κ2) is 6.76. The van der Waals surface area contributed by atoms with E-state index in [9.17, 15) is 4.79 Å². The molecule has 1 fully saturated rings. The molecule has 1 aromatic rings. The minimum Gasteiger partial charge on any atom is -0.397 e. The molecule has 1 unspecified atom stereocenters.